The molecule has 2 aromatic carbocycles. The normalized spacial score (nSPS) is 12.2. The van der Waals surface area contributed by atoms with Gasteiger partial charge in [-0.3, -0.25) is 4.99 Å². The highest BCUT2D eigenvalue weighted by Gasteiger charge is 2.10. The van der Waals surface area contributed by atoms with E-state index < -0.39 is 0 Å². The molecule has 0 radical (unpaired) electrons. The monoisotopic (exact) mass is 439 g/mol. The largest absolute Gasteiger partial charge is 0.396 e. The first-order chi connectivity index (χ1) is 11.3. The van der Waals surface area contributed by atoms with Gasteiger partial charge in [-0.25, -0.2) is 0 Å². The highest BCUT2D eigenvalue weighted by molar-refractivity contribution is 14.0. The zero-order chi connectivity index (χ0) is 16.3. The first-order valence-electron chi connectivity index (χ1n) is 7.97. The average Bonchev–Trinajstić information content (AvgIpc) is 2.62. The number of rotatable bonds is 7. The first-order valence-corrected chi connectivity index (χ1v) is 7.97. The van der Waals surface area contributed by atoms with E-state index in [1.807, 2.05) is 48.5 Å². The zero-order valence-corrected chi connectivity index (χ0v) is 16.3. The van der Waals surface area contributed by atoms with Gasteiger partial charge in [0.2, 0.25) is 0 Å². The molecule has 0 aliphatic heterocycles. The SMILES string of the molecule is CN=C(NCCc1ccccc1)NCC(CO)c1ccccc1.I. The van der Waals surface area contributed by atoms with Crippen molar-refractivity contribution >= 4 is 29.9 Å². The standard InChI is InChI=1S/C19H25N3O.HI/c1-20-19(21-13-12-16-8-4-2-5-9-16)22-14-18(15-23)17-10-6-3-7-11-17;/h2-11,18,23H,12-15H2,1H3,(H2,20,21,22);1H. The molecule has 0 aliphatic rings. The van der Waals surface area contributed by atoms with Crippen molar-refractivity contribution in [3.63, 3.8) is 0 Å². The average molecular weight is 439 g/mol. The van der Waals surface area contributed by atoms with E-state index in [0.29, 0.717) is 6.54 Å². The Morgan fingerprint density at radius 1 is 1.00 bits per heavy atom. The summed E-state index contributed by atoms with van der Waals surface area (Å²) in [5, 5.41) is 16.2. The van der Waals surface area contributed by atoms with Gasteiger partial charge < -0.3 is 15.7 Å². The molecule has 0 amide bonds. The second-order valence-corrected chi connectivity index (χ2v) is 5.41. The molecule has 0 fully saturated rings. The molecule has 1 unspecified atom stereocenters. The fourth-order valence-corrected chi connectivity index (χ4v) is 2.42. The zero-order valence-electron chi connectivity index (χ0n) is 14.0. The van der Waals surface area contributed by atoms with Crippen LogP contribution >= 0.6 is 24.0 Å². The molecule has 0 saturated heterocycles. The van der Waals surface area contributed by atoms with Crippen molar-refractivity contribution in [2.45, 2.75) is 12.3 Å². The van der Waals surface area contributed by atoms with Gasteiger partial charge in [-0.2, -0.15) is 0 Å². The Bertz CT molecular complexity index is 590. The van der Waals surface area contributed by atoms with Crippen molar-refractivity contribution in [1.82, 2.24) is 10.6 Å². The molecule has 0 spiro atoms. The van der Waals surface area contributed by atoms with Crippen LogP contribution in [0.4, 0.5) is 0 Å². The molecule has 0 bridgehead atoms. The highest BCUT2D eigenvalue weighted by atomic mass is 127. The lowest BCUT2D eigenvalue weighted by Gasteiger charge is -2.18. The summed E-state index contributed by atoms with van der Waals surface area (Å²) in [6.45, 7) is 1.57. The van der Waals surface area contributed by atoms with E-state index in [-0.39, 0.29) is 36.5 Å². The number of benzene rings is 2. The first kappa shape index (κ1) is 20.4. The number of aliphatic hydroxyl groups excluding tert-OH is 1. The van der Waals surface area contributed by atoms with Gasteiger partial charge in [0, 0.05) is 26.1 Å². The minimum Gasteiger partial charge on any atom is -0.396 e. The van der Waals surface area contributed by atoms with Gasteiger partial charge in [0.25, 0.3) is 0 Å². The van der Waals surface area contributed by atoms with Crippen molar-refractivity contribution < 1.29 is 5.11 Å². The quantitative estimate of drug-likeness (QED) is 0.353. The van der Waals surface area contributed by atoms with Crippen molar-refractivity contribution in [1.29, 1.82) is 0 Å². The number of aliphatic imine (C=N–C) groups is 1. The molecule has 0 aliphatic carbocycles. The molecule has 24 heavy (non-hydrogen) atoms. The molecule has 3 N–H and O–H groups in total. The van der Waals surface area contributed by atoms with E-state index >= 15 is 0 Å². The molecule has 5 heteroatoms. The highest BCUT2D eigenvalue weighted by Crippen LogP contribution is 2.13. The topological polar surface area (TPSA) is 56.7 Å². The summed E-state index contributed by atoms with van der Waals surface area (Å²) >= 11 is 0. The maximum Gasteiger partial charge on any atom is 0.191 e. The fraction of sp³-hybridized carbons (Fsp3) is 0.316. The second kappa shape index (κ2) is 11.9. The van der Waals surface area contributed by atoms with E-state index in [9.17, 15) is 5.11 Å². The summed E-state index contributed by atoms with van der Waals surface area (Å²) < 4.78 is 0. The smallest absolute Gasteiger partial charge is 0.191 e. The minimum absolute atomic E-state index is 0. The van der Waals surface area contributed by atoms with Crippen LogP contribution in [0.5, 0.6) is 0 Å². The molecular weight excluding hydrogens is 413 g/mol. The Hall–Kier alpha value is -1.60. The number of nitrogens with zero attached hydrogens (tertiary/aromatic N) is 1. The summed E-state index contributed by atoms with van der Waals surface area (Å²) in [6, 6.07) is 20.4. The van der Waals surface area contributed by atoms with Crippen molar-refractivity contribution in [2.75, 3.05) is 26.7 Å². The molecule has 2 rings (SSSR count). The Kier molecular flexibility index (Phi) is 10.1. The van der Waals surface area contributed by atoms with Crippen LogP contribution in [0.25, 0.3) is 0 Å². The van der Waals surface area contributed by atoms with Crippen LogP contribution in [-0.2, 0) is 6.42 Å². The summed E-state index contributed by atoms with van der Waals surface area (Å²) in [5.41, 5.74) is 2.43. The van der Waals surface area contributed by atoms with Gasteiger partial charge in [-0.05, 0) is 17.5 Å². The number of halogens is 1. The third kappa shape index (κ3) is 6.88. The van der Waals surface area contributed by atoms with E-state index in [1.165, 1.54) is 5.56 Å². The summed E-state index contributed by atoms with van der Waals surface area (Å²) in [7, 11) is 1.76. The number of aliphatic hydroxyl groups is 1. The molecule has 0 saturated carbocycles. The van der Waals surface area contributed by atoms with Crippen LogP contribution in [0.1, 0.15) is 17.0 Å². The maximum absolute atomic E-state index is 9.59. The van der Waals surface area contributed by atoms with Crippen LogP contribution in [0.2, 0.25) is 0 Å². The summed E-state index contributed by atoms with van der Waals surface area (Å²) in [6.07, 6.45) is 0.948. The summed E-state index contributed by atoms with van der Waals surface area (Å²) in [4.78, 5) is 4.23. The molecule has 2 aromatic rings. The van der Waals surface area contributed by atoms with Crippen LogP contribution < -0.4 is 10.6 Å². The van der Waals surface area contributed by atoms with Crippen LogP contribution in [0.3, 0.4) is 0 Å². The lowest BCUT2D eigenvalue weighted by atomic mass is 10.0. The Morgan fingerprint density at radius 3 is 2.21 bits per heavy atom. The van der Waals surface area contributed by atoms with Crippen molar-refractivity contribution in [3.05, 3.63) is 71.8 Å². The number of guanidine groups is 1. The van der Waals surface area contributed by atoms with Gasteiger partial charge in [0.15, 0.2) is 5.96 Å². The summed E-state index contributed by atoms with van der Waals surface area (Å²) in [5.74, 6) is 0.819. The van der Waals surface area contributed by atoms with Gasteiger partial charge in [-0.15, -0.1) is 24.0 Å². The van der Waals surface area contributed by atoms with Gasteiger partial charge in [0.1, 0.15) is 0 Å². The molecule has 130 valence electrons. The Morgan fingerprint density at radius 2 is 1.62 bits per heavy atom. The van der Waals surface area contributed by atoms with Crippen LogP contribution in [0.15, 0.2) is 65.7 Å². The molecule has 0 heterocycles. The number of nitrogens with one attached hydrogen (secondary N) is 2. The number of hydrogen-bond donors (Lipinski definition) is 3. The van der Waals surface area contributed by atoms with E-state index in [2.05, 4.69) is 27.8 Å². The lowest BCUT2D eigenvalue weighted by Crippen LogP contribution is -2.40. The Labute approximate surface area is 161 Å². The van der Waals surface area contributed by atoms with Crippen molar-refractivity contribution in [3.8, 4) is 0 Å². The van der Waals surface area contributed by atoms with Crippen molar-refractivity contribution in [2.24, 2.45) is 4.99 Å². The Balaban J connectivity index is 0.00000288. The van der Waals surface area contributed by atoms with Gasteiger partial charge in [0.05, 0.1) is 6.61 Å². The molecular formula is C19H26IN3O. The molecule has 4 nitrogen and oxygen atoms in total. The molecule has 0 aromatic heterocycles. The van der Waals surface area contributed by atoms with Gasteiger partial charge in [-0.1, -0.05) is 60.7 Å². The van der Waals surface area contributed by atoms with Gasteiger partial charge >= 0.3 is 0 Å². The van der Waals surface area contributed by atoms with E-state index in [1.54, 1.807) is 7.05 Å². The van der Waals surface area contributed by atoms with Crippen LogP contribution in [-0.4, -0.2) is 37.8 Å². The molecule has 1 atom stereocenters. The number of hydrogen-bond acceptors (Lipinski definition) is 2. The van der Waals surface area contributed by atoms with Crippen LogP contribution in [0, 0.1) is 0 Å². The third-order valence-electron chi connectivity index (χ3n) is 3.78. The predicted octanol–water partition coefficient (Wildman–Crippen LogP) is 2.79. The fourth-order valence-electron chi connectivity index (χ4n) is 2.42. The second-order valence-electron chi connectivity index (χ2n) is 5.41. The van der Waals surface area contributed by atoms with E-state index in [0.717, 1.165) is 24.5 Å². The predicted molar refractivity (Wildman–Crippen MR) is 111 cm³/mol. The lowest BCUT2D eigenvalue weighted by molar-refractivity contribution is 0.265. The van der Waals surface area contributed by atoms with E-state index in [4.69, 9.17) is 0 Å². The minimum atomic E-state index is 0. The maximum atomic E-state index is 9.59. The third-order valence-corrected chi connectivity index (χ3v) is 3.78.